The van der Waals surface area contributed by atoms with Crippen LogP contribution in [0, 0.1) is 5.92 Å². The van der Waals surface area contributed by atoms with Crippen LogP contribution in [0.2, 0.25) is 0 Å². The molecule has 1 amide bonds. The summed E-state index contributed by atoms with van der Waals surface area (Å²) in [5.41, 5.74) is 5.61. The van der Waals surface area contributed by atoms with Crippen LogP contribution in [0.4, 0.5) is 0 Å². The Balaban J connectivity index is 2.11. The van der Waals surface area contributed by atoms with Gasteiger partial charge in [-0.25, -0.2) is 0 Å². The van der Waals surface area contributed by atoms with Gasteiger partial charge in [0, 0.05) is 18.5 Å². The minimum atomic E-state index is -0.245. The average Bonchev–Trinajstić information content (AvgIpc) is 2.25. The third-order valence-corrected chi connectivity index (χ3v) is 3.42. The monoisotopic (exact) mass is 241 g/mol. The number of amides is 1. The number of piperidine rings is 1. The van der Waals surface area contributed by atoms with E-state index in [0.717, 1.165) is 26.1 Å². The Morgan fingerprint density at radius 2 is 2.00 bits per heavy atom. The van der Waals surface area contributed by atoms with Crippen molar-refractivity contribution in [2.45, 2.75) is 45.1 Å². The van der Waals surface area contributed by atoms with Gasteiger partial charge in [0.2, 0.25) is 5.91 Å². The zero-order chi connectivity index (χ0) is 12.9. The van der Waals surface area contributed by atoms with Crippen molar-refractivity contribution in [1.82, 2.24) is 10.2 Å². The molecule has 1 rings (SSSR count). The van der Waals surface area contributed by atoms with Gasteiger partial charge in [-0.1, -0.05) is 0 Å². The molecule has 1 aliphatic heterocycles. The largest absolute Gasteiger partial charge is 0.356 e. The molecule has 17 heavy (non-hydrogen) atoms. The second kappa shape index (κ2) is 6.36. The number of nitrogens with two attached hydrogens (primary N) is 1. The average molecular weight is 241 g/mol. The van der Waals surface area contributed by atoms with E-state index >= 15 is 0 Å². The predicted octanol–water partition coefficient (Wildman–Crippen LogP) is 0.962. The maximum Gasteiger partial charge on any atom is 0.220 e. The SMILES string of the molecule is CN1CCC(CNC(=O)CCC(C)(C)N)CC1. The minimum Gasteiger partial charge on any atom is -0.356 e. The first-order chi connectivity index (χ1) is 7.87. The van der Waals surface area contributed by atoms with Crippen LogP contribution >= 0.6 is 0 Å². The van der Waals surface area contributed by atoms with E-state index < -0.39 is 0 Å². The van der Waals surface area contributed by atoms with Crippen LogP contribution < -0.4 is 11.1 Å². The van der Waals surface area contributed by atoms with Gasteiger partial charge in [-0.3, -0.25) is 4.79 Å². The number of nitrogens with zero attached hydrogens (tertiary/aromatic N) is 1. The highest BCUT2D eigenvalue weighted by atomic mass is 16.1. The van der Waals surface area contributed by atoms with Gasteiger partial charge in [0.25, 0.3) is 0 Å². The summed E-state index contributed by atoms with van der Waals surface area (Å²) < 4.78 is 0. The van der Waals surface area contributed by atoms with Crippen LogP contribution in [0.3, 0.4) is 0 Å². The van der Waals surface area contributed by atoms with Gasteiger partial charge in [0.05, 0.1) is 0 Å². The molecule has 0 atom stereocenters. The second-order valence-corrected chi connectivity index (χ2v) is 6.04. The summed E-state index contributed by atoms with van der Waals surface area (Å²) in [5, 5.41) is 3.03. The van der Waals surface area contributed by atoms with Crippen molar-refractivity contribution in [1.29, 1.82) is 0 Å². The Labute approximate surface area is 105 Å². The van der Waals surface area contributed by atoms with E-state index in [1.807, 2.05) is 13.8 Å². The van der Waals surface area contributed by atoms with Gasteiger partial charge in [-0.05, 0) is 59.2 Å². The Bertz CT molecular complexity index is 240. The lowest BCUT2D eigenvalue weighted by molar-refractivity contribution is -0.121. The summed E-state index contributed by atoms with van der Waals surface area (Å²) in [6.45, 7) is 7.04. The number of carbonyl (C=O) groups is 1. The van der Waals surface area contributed by atoms with E-state index in [1.165, 1.54) is 12.8 Å². The van der Waals surface area contributed by atoms with Crippen molar-refractivity contribution in [3.8, 4) is 0 Å². The zero-order valence-electron chi connectivity index (χ0n) is 11.5. The molecule has 0 radical (unpaired) electrons. The lowest BCUT2D eigenvalue weighted by atomic mass is 9.96. The molecule has 0 aromatic rings. The molecule has 1 fully saturated rings. The quantitative estimate of drug-likeness (QED) is 0.754. The topological polar surface area (TPSA) is 58.4 Å². The van der Waals surface area contributed by atoms with Gasteiger partial charge in [0.1, 0.15) is 0 Å². The van der Waals surface area contributed by atoms with E-state index in [-0.39, 0.29) is 11.4 Å². The third-order valence-electron chi connectivity index (χ3n) is 3.42. The molecule has 0 spiro atoms. The second-order valence-electron chi connectivity index (χ2n) is 6.04. The van der Waals surface area contributed by atoms with E-state index in [9.17, 15) is 4.79 Å². The molecule has 1 aliphatic rings. The molecule has 0 saturated carbocycles. The van der Waals surface area contributed by atoms with Gasteiger partial charge in [-0.15, -0.1) is 0 Å². The molecule has 0 bridgehead atoms. The molecular formula is C13H27N3O. The Hall–Kier alpha value is -0.610. The normalized spacial score (nSPS) is 19.3. The number of hydrogen-bond acceptors (Lipinski definition) is 3. The summed E-state index contributed by atoms with van der Waals surface area (Å²) in [7, 11) is 2.15. The number of nitrogens with one attached hydrogen (secondary N) is 1. The van der Waals surface area contributed by atoms with Crippen molar-refractivity contribution in [2.75, 3.05) is 26.7 Å². The molecule has 0 aliphatic carbocycles. The minimum absolute atomic E-state index is 0.141. The lowest BCUT2D eigenvalue weighted by Crippen LogP contribution is -2.38. The molecule has 4 nitrogen and oxygen atoms in total. The molecule has 100 valence electrons. The smallest absolute Gasteiger partial charge is 0.220 e. The van der Waals surface area contributed by atoms with Crippen molar-refractivity contribution >= 4 is 5.91 Å². The van der Waals surface area contributed by atoms with E-state index in [0.29, 0.717) is 12.3 Å². The number of carbonyl (C=O) groups excluding carboxylic acids is 1. The highest BCUT2D eigenvalue weighted by Crippen LogP contribution is 2.15. The molecule has 0 aromatic heterocycles. The number of likely N-dealkylation sites (tertiary alicyclic amines) is 1. The predicted molar refractivity (Wildman–Crippen MR) is 70.7 cm³/mol. The summed E-state index contributed by atoms with van der Waals surface area (Å²) in [6, 6.07) is 0. The lowest BCUT2D eigenvalue weighted by Gasteiger charge is -2.29. The van der Waals surface area contributed by atoms with Gasteiger partial charge in [-0.2, -0.15) is 0 Å². The first-order valence-corrected chi connectivity index (χ1v) is 6.61. The fraction of sp³-hybridized carbons (Fsp3) is 0.923. The van der Waals surface area contributed by atoms with Crippen molar-refractivity contribution < 1.29 is 4.79 Å². The molecule has 1 heterocycles. The van der Waals surface area contributed by atoms with Crippen molar-refractivity contribution in [2.24, 2.45) is 11.7 Å². The first kappa shape index (κ1) is 14.5. The van der Waals surface area contributed by atoms with Crippen LogP contribution in [-0.2, 0) is 4.79 Å². The van der Waals surface area contributed by atoms with Crippen LogP contribution in [0.5, 0.6) is 0 Å². The summed E-state index contributed by atoms with van der Waals surface area (Å²) in [5.74, 6) is 0.795. The maximum absolute atomic E-state index is 11.6. The van der Waals surface area contributed by atoms with Crippen molar-refractivity contribution in [3.63, 3.8) is 0 Å². The zero-order valence-corrected chi connectivity index (χ0v) is 11.5. The molecule has 0 aromatic carbocycles. The van der Waals surface area contributed by atoms with Crippen LogP contribution in [0.25, 0.3) is 0 Å². The maximum atomic E-state index is 11.6. The molecule has 4 heteroatoms. The molecular weight excluding hydrogens is 214 g/mol. The fourth-order valence-corrected chi connectivity index (χ4v) is 2.05. The summed E-state index contributed by atoms with van der Waals surface area (Å²) in [4.78, 5) is 14.0. The number of rotatable bonds is 5. The third kappa shape index (κ3) is 6.64. The van der Waals surface area contributed by atoms with Crippen LogP contribution in [0.1, 0.15) is 39.5 Å². The van der Waals surface area contributed by atoms with Gasteiger partial charge in [0.15, 0.2) is 0 Å². The Morgan fingerprint density at radius 1 is 1.41 bits per heavy atom. The fourth-order valence-electron chi connectivity index (χ4n) is 2.05. The van der Waals surface area contributed by atoms with E-state index in [2.05, 4.69) is 17.3 Å². The number of hydrogen-bond donors (Lipinski definition) is 2. The first-order valence-electron chi connectivity index (χ1n) is 6.61. The Morgan fingerprint density at radius 3 is 2.53 bits per heavy atom. The van der Waals surface area contributed by atoms with E-state index in [4.69, 9.17) is 5.73 Å². The molecule has 3 N–H and O–H groups in total. The standard InChI is InChI=1S/C13H27N3O/c1-13(2,14)7-4-12(17)15-10-11-5-8-16(3)9-6-11/h11H,4-10,14H2,1-3H3,(H,15,17). The Kier molecular flexibility index (Phi) is 5.40. The van der Waals surface area contributed by atoms with E-state index in [1.54, 1.807) is 0 Å². The van der Waals surface area contributed by atoms with Gasteiger partial charge >= 0.3 is 0 Å². The molecule has 0 unspecified atom stereocenters. The highest BCUT2D eigenvalue weighted by Gasteiger charge is 2.18. The van der Waals surface area contributed by atoms with Crippen molar-refractivity contribution in [3.05, 3.63) is 0 Å². The highest BCUT2D eigenvalue weighted by molar-refractivity contribution is 5.75. The van der Waals surface area contributed by atoms with Crippen LogP contribution in [0.15, 0.2) is 0 Å². The van der Waals surface area contributed by atoms with Crippen LogP contribution in [-0.4, -0.2) is 43.0 Å². The molecule has 1 saturated heterocycles. The summed E-state index contributed by atoms with van der Waals surface area (Å²) >= 11 is 0. The van der Waals surface area contributed by atoms with Gasteiger partial charge < -0.3 is 16.0 Å². The summed E-state index contributed by atoms with van der Waals surface area (Å²) in [6.07, 6.45) is 3.67.